The van der Waals surface area contributed by atoms with Crippen LogP contribution < -0.4 is 4.90 Å². The Bertz CT molecular complexity index is 767. The van der Waals surface area contributed by atoms with Crippen molar-refractivity contribution < 1.29 is 14.3 Å². The van der Waals surface area contributed by atoms with Gasteiger partial charge in [-0.3, -0.25) is 4.79 Å². The van der Waals surface area contributed by atoms with Crippen LogP contribution in [0.2, 0.25) is 0 Å². The Morgan fingerprint density at radius 2 is 1.96 bits per heavy atom. The average Bonchev–Trinajstić information content (AvgIpc) is 2.88. The van der Waals surface area contributed by atoms with E-state index in [1.807, 2.05) is 36.4 Å². The number of benzene rings is 2. The lowest BCUT2D eigenvalue weighted by molar-refractivity contribution is 0.0597. The lowest BCUT2D eigenvalue weighted by Crippen LogP contribution is -2.28. The Kier molecular flexibility index (Phi) is 3.98. The van der Waals surface area contributed by atoms with Crippen LogP contribution in [0.25, 0.3) is 0 Å². The molecule has 0 N–H and O–H groups in total. The number of amides is 1. The number of carbonyl (C=O) groups is 2. The number of ether oxygens (including phenoxy) is 1. The van der Waals surface area contributed by atoms with Gasteiger partial charge in [0.15, 0.2) is 0 Å². The van der Waals surface area contributed by atoms with Crippen molar-refractivity contribution in [3.8, 4) is 0 Å². The minimum Gasteiger partial charge on any atom is -0.465 e. The van der Waals surface area contributed by atoms with Gasteiger partial charge in [-0.25, -0.2) is 4.79 Å². The molecule has 0 radical (unpaired) electrons. The molecule has 0 bridgehead atoms. The van der Waals surface area contributed by atoms with Gasteiger partial charge in [0.1, 0.15) is 0 Å². The molecule has 0 unspecified atom stereocenters. The lowest BCUT2D eigenvalue weighted by Gasteiger charge is -2.24. The quantitative estimate of drug-likeness (QED) is 0.638. The molecule has 0 fully saturated rings. The molecule has 4 nitrogen and oxygen atoms in total. The summed E-state index contributed by atoms with van der Waals surface area (Å²) in [7, 11) is 1.32. The van der Waals surface area contributed by atoms with Crippen molar-refractivity contribution in [2.24, 2.45) is 0 Å². The number of carbonyl (C=O) groups excluding carboxylic acids is 2. The first-order valence-corrected chi connectivity index (χ1v) is 7.39. The van der Waals surface area contributed by atoms with E-state index in [4.69, 9.17) is 4.74 Å². The molecule has 3 rings (SSSR count). The standard InChI is InChI=1S/C19H17NO3/c1-3-8-16-14-11-7-12-15(19(22)23-2)17(14)18(21)20(16)13-9-5-4-6-10-13/h3-7,9-12,16H,1,8H2,2H3/t16-/m1/s1. The zero-order valence-electron chi connectivity index (χ0n) is 12.9. The van der Waals surface area contributed by atoms with Crippen LogP contribution in [-0.4, -0.2) is 19.0 Å². The van der Waals surface area contributed by atoms with E-state index in [9.17, 15) is 9.59 Å². The van der Waals surface area contributed by atoms with Gasteiger partial charge in [0.25, 0.3) is 5.91 Å². The van der Waals surface area contributed by atoms with Crippen molar-refractivity contribution in [1.82, 2.24) is 0 Å². The summed E-state index contributed by atoms with van der Waals surface area (Å²) in [5, 5.41) is 0. The number of anilines is 1. The van der Waals surface area contributed by atoms with E-state index in [1.165, 1.54) is 7.11 Å². The molecular weight excluding hydrogens is 290 g/mol. The average molecular weight is 307 g/mol. The highest BCUT2D eigenvalue weighted by Crippen LogP contribution is 2.40. The van der Waals surface area contributed by atoms with Crippen LogP contribution in [0.15, 0.2) is 61.2 Å². The Hall–Kier alpha value is -2.88. The fourth-order valence-electron chi connectivity index (χ4n) is 3.04. The van der Waals surface area contributed by atoms with Gasteiger partial charge in [0.05, 0.1) is 24.3 Å². The number of esters is 1. The molecule has 2 aromatic carbocycles. The van der Waals surface area contributed by atoms with Crippen molar-refractivity contribution in [3.05, 3.63) is 77.9 Å². The number of para-hydroxylation sites is 1. The third-order valence-corrected chi connectivity index (χ3v) is 4.03. The Balaban J connectivity index is 2.17. The number of rotatable bonds is 4. The predicted octanol–water partition coefficient (Wildman–Crippen LogP) is 3.75. The molecule has 0 aromatic heterocycles. The second-order valence-corrected chi connectivity index (χ2v) is 5.31. The van der Waals surface area contributed by atoms with E-state index >= 15 is 0 Å². The molecule has 4 heteroatoms. The van der Waals surface area contributed by atoms with Gasteiger partial charge < -0.3 is 9.64 Å². The first-order chi connectivity index (χ1) is 11.2. The summed E-state index contributed by atoms with van der Waals surface area (Å²) in [6.45, 7) is 3.79. The summed E-state index contributed by atoms with van der Waals surface area (Å²) in [5.41, 5.74) is 2.37. The van der Waals surface area contributed by atoms with Crippen molar-refractivity contribution in [2.45, 2.75) is 12.5 Å². The van der Waals surface area contributed by atoms with Gasteiger partial charge in [0, 0.05) is 5.69 Å². The van der Waals surface area contributed by atoms with E-state index in [0.29, 0.717) is 17.5 Å². The molecule has 0 saturated heterocycles. The highest BCUT2D eigenvalue weighted by molar-refractivity contribution is 6.16. The maximum Gasteiger partial charge on any atom is 0.338 e. The topological polar surface area (TPSA) is 46.6 Å². The Morgan fingerprint density at radius 1 is 1.22 bits per heavy atom. The second-order valence-electron chi connectivity index (χ2n) is 5.31. The van der Waals surface area contributed by atoms with E-state index in [0.717, 1.165) is 11.3 Å². The van der Waals surface area contributed by atoms with Gasteiger partial charge in [0.2, 0.25) is 0 Å². The molecule has 2 aromatic rings. The first kappa shape index (κ1) is 15.0. The maximum absolute atomic E-state index is 13.0. The lowest BCUT2D eigenvalue weighted by atomic mass is 9.98. The van der Waals surface area contributed by atoms with Crippen LogP contribution in [0.4, 0.5) is 5.69 Å². The van der Waals surface area contributed by atoms with Gasteiger partial charge in [-0.1, -0.05) is 36.4 Å². The monoisotopic (exact) mass is 307 g/mol. The van der Waals surface area contributed by atoms with E-state index < -0.39 is 5.97 Å². The van der Waals surface area contributed by atoms with Crippen LogP contribution in [0.5, 0.6) is 0 Å². The zero-order valence-corrected chi connectivity index (χ0v) is 12.9. The van der Waals surface area contributed by atoms with E-state index in [-0.39, 0.29) is 11.9 Å². The third kappa shape index (κ3) is 2.42. The number of nitrogens with zero attached hydrogens (tertiary/aromatic N) is 1. The molecule has 0 saturated carbocycles. The van der Waals surface area contributed by atoms with Crippen molar-refractivity contribution in [3.63, 3.8) is 0 Å². The van der Waals surface area contributed by atoms with Gasteiger partial charge in [-0.15, -0.1) is 6.58 Å². The van der Waals surface area contributed by atoms with Crippen molar-refractivity contribution in [2.75, 3.05) is 12.0 Å². The molecule has 1 amide bonds. The molecule has 1 atom stereocenters. The first-order valence-electron chi connectivity index (χ1n) is 7.39. The van der Waals surface area contributed by atoms with Gasteiger partial charge in [-0.05, 0) is 30.2 Å². The third-order valence-electron chi connectivity index (χ3n) is 4.03. The zero-order chi connectivity index (χ0) is 16.4. The molecule has 1 aliphatic heterocycles. The normalized spacial score (nSPS) is 16.1. The fraction of sp³-hybridized carbons (Fsp3) is 0.158. The number of hydrogen-bond acceptors (Lipinski definition) is 3. The van der Waals surface area contributed by atoms with Crippen LogP contribution >= 0.6 is 0 Å². The Labute approximate surface area is 135 Å². The van der Waals surface area contributed by atoms with Crippen LogP contribution in [-0.2, 0) is 4.74 Å². The highest BCUT2D eigenvalue weighted by Gasteiger charge is 2.39. The number of hydrogen-bond donors (Lipinski definition) is 0. The summed E-state index contributed by atoms with van der Waals surface area (Å²) in [4.78, 5) is 26.7. The summed E-state index contributed by atoms with van der Waals surface area (Å²) in [6.07, 6.45) is 2.39. The van der Waals surface area contributed by atoms with Gasteiger partial charge >= 0.3 is 5.97 Å². The summed E-state index contributed by atoms with van der Waals surface area (Å²) < 4.78 is 4.82. The minimum atomic E-state index is -0.498. The predicted molar refractivity (Wildman–Crippen MR) is 88.6 cm³/mol. The summed E-state index contributed by atoms with van der Waals surface area (Å²) >= 11 is 0. The van der Waals surface area contributed by atoms with E-state index in [1.54, 1.807) is 23.1 Å². The molecular formula is C19H17NO3. The summed E-state index contributed by atoms with van der Waals surface area (Å²) in [6, 6.07) is 14.6. The molecule has 23 heavy (non-hydrogen) atoms. The number of methoxy groups -OCH3 is 1. The fourth-order valence-corrected chi connectivity index (χ4v) is 3.04. The van der Waals surface area contributed by atoms with Crippen LogP contribution in [0.1, 0.15) is 38.7 Å². The maximum atomic E-state index is 13.0. The Morgan fingerprint density at radius 3 is 2.61 bits per heavy atom. The molecule has 1 heterocycles. The van der Waals surface area contributed by atoms with Crippen LogP contribution in [0, 0.1) is 0 Å². The molecule has 116 valence electrons. The minimum absolute atomic E-state index is 0.165. The number of fused-ring (bicyclic) bond motifs is 1. The van der Waals surface area contributed by atoms with Crippen molar-refractivity contribution >= 4 is 17.6 Å². The SMILES string of the molecule is C=CC[C@@H]1c2cccc(C(=O)OC)c2C(=O)N1c1ccccc1. The molecule has 0 aliphatic carbocycles. The van der Waals surface area contributed by atoms with E-state index in [2.05, 4.69) is 6.58 Å². The second kappa shape index (κ2) is 6.08. The van der Waals surface area contributed by atoms with Crippen LogP contribution in [0.3, 0.4) is 0 Å². The molecule has 0 spiro atoms. The smallest absolute Gasteiger partial charge is 0.338 e. The van der Waals surface area contributed by atoms with Gasteiger partial charge in [-0.2, -0.15) is 0 Å². The highest BCUT2D eigenvalue weighted by atomic mass is 16.5. The molecule has 1 aliphatic rings. The van der Waals surface area contributed by atoms with Crippen molar-refractivity contribution in [1.29, 1.82) is 0 Å². The largest absolute Gasteiger partial charge is 0.465 e. The summed E-state index contributed by atoms with van der Waals surface area (Å²) in [5.74, 6) is -0.679.